The van der Waals surface area contributed by atoms with E-state index in [2.05, 4.69) is 34.1 Å². The number of nitrogens with one attached hydrogen (secondary N) is 1. The van der Waals surface area contributed by atoms with E-state index in [0.29, 0.717) is 24.6 Å². The maximum absolute atomic E-state index is 13.0. The van der Waals surface area contributed by atoms with Crippen molar-refractivity contribution >= 4 is 23.1 Å². The zero-order chi connectivity index (χ0) is 22.0. The van der Waals surface area contributed by atoms with Crippen LogP contribution in [0.2, 0.25) is 0 Å². The van der Waals surface area contributed by atoms with Gasteiger partial charge in [0.05, 0.1) is 27.5 Å². The molecule has 1 saturated heterocycles. The van der Waals surface area contributed by atoms with Crippen molar-refractivity contribution in [3.63, 3.8) is 0 Å². The number of likely N-dealkylation sites (tertiary alicyclic amines) is 1. The Labute approximate surface area is 186 Å². The number of piperidine rings is 1. The van der Waals surface area contributed by atoms with E-state index >= 15 is 0 Å². The standard InChI is InChI=1S/C22H27N7OS/c1-13(2)26-20-8-17(27-21(28-20)19-11-24-15(4)31-19)16-6-5-7-29(12-16)22(30)18-10-23-14(3)9-25-18/h8-11,13,16H,5-7,12H2,1-4H3,(H,26,27,28). The number of rotatable bonds is 5. The van der Waals surface area contributed by atoms with Crippen LogP contribution in [0.3, 0.4) is 0 Å². The number of hydrogen-bond acceptors (Lipinski definition) is 8. The second-order valence-corrected chi connectivity index (χ2v) is 9.41. The molecule has 8 nitrogen and oxygen atoms in total. The molecule has 3 aromatic rings. The predicted molar refractivity (Wildman–Crippen MR) is 121 cm³/mol. The minimum absolute atomic E-state index is 0.0786. The first-order valence-electron chi connectivity index (χ1n) is 10.6. The van der Waals surface area contributed by atoms with Gasteiger partial charge in [0, 0.05) is 43.5 Å². The molecule has 1 fully saturated rings. The summed E-state index contributed by atoms with van der Waals surface area (Å²) in [5.74, 6) is 1.54. The molecular formula is C22H27N7OS. The van der Waals surface area contributed by atoms with E-state index in [4.69, 9.17) is 9.97 Å². The van der Waals surface area contributed by atoms with Crippen LogP contribution in [0.4, 0.5) is 5.82 Å². The Balaban J connectivity index is 1.61. The lowest BCUT2D eigenvalue weighted by molar-refractivity contribution is 0.0699. The van der Waals surface area contributed by atoms with Crippen molar-refractivity contribution in [2.45, 2.75) is 52.5 Å². The monoisotopic (exact) mass is 437 g/mol. The smallest absolute Gasteiger partial charge is 0.274 e. The molecule has 1 amide bonds. The molecule has 1 atom stereocenters. The van der Waals surface area contributed by atoms with Crippen molar-refractivity contribution in [2.75, 3.05) is 18.4 Å². The van der Waals surface area contributed by atoms with Crippen LogP contribution in [0.25, 0.3) is 10.7 Å². The molecular weight excluding hydrogens is 410 g/mol. The van der Waals surface area contributed by atoms with Crippen molar-refractivity contribution in [1.29, 1.82) is 0 Å². The summed E-state index contributed by atoms with van der Waals surface area (Å²) >= 11 is 1.58. The average molecular weight is 438 g/mol. The van der Waals surface area contributed by atoms with E-state index in [0.717, 1.165) is 39.9 Å². The fourth-order valence-corrected chi connectivity index (χ4v) is 4.40. The van der Waals surface area contributed by atoms with Gasteiger partial charge in [-0.1, -0.05) is 0 Å². The van der Waals surface area contributed by atoms with Crippen molar-refractivity contribution in [3.8, 4) is 10.7 Å². The summed E-state index contributed by atoms with van der Waals surface area (Å²) in [7, 11) is 0. The van der Waals surface area contributed by atoms with Gasteiger partial charge in [0.2, 0.25) is 0 Å². The minimum atomic E-state index is -0.0786. The summed E-state index contributed by atoms with van der Waals surface area (Å²) in [6, 6.07) is 2.27. The second-order valence-electron chi connectivity index (χ2n) is 8.18. The van der Waals surface area contributed by atoms with Crippen molar-refractivity contribution in [2.24, 2.45) is 0 Å². The topological polar surface area (TPSA) is 96.8 Å². The van der Waals surface area contributed by atoms with Gasteiger partial charge in [0.15, 0.2) is 5.82 Å². The average Bonchev–Trinajstić information content (AvgIpc) is 3.19. The molecule has 1 N–H and O–H groups in total. The summed E-state index contributed by atoms with van der Waals surface area (Å²) in [4.78, 5) is 38.2. The van der Waals surface area contributed by atoms with Gasteiger partial charge in [0.1, 0.15) is 11.5 Å². The number of carbonyl (C=O) groups is 1. The predicted octanol–water partition coefficient (Wildman–Crippen LogP) is 3.85. The zero-order valence-corrected chi connectivity index (χ0v) is 19.1. The number of hydrogen-bond donors (Lipinski definition) is 1. The van der Waals surface area contributed by atoms with Crippen molar-refractivity contribution < 1.29 is 4.79 Å². The maximum atomic E-state index is 13.0. The Morgan fingerprint density at radius 1 is 1.16 bits per heavy atom. The van der Waals surface area contributed by atoms with E-state index in [-0.39, 0.29) is 17.9 Å². The maximum Gasteiger partial charge on any atom is 0.274 e. The molecule has 0 saturated carbocycles. The Bertz CT molecular complexity index is 1060. The lowest BCUT2D eigenvalue weighted by Crippen LogP contribution is -2.39. The molecule has 31 heavy (non-hydrogen) atoms. The second kappa shape index (κ2) is 9.05. The number of aromatic nitrogens is 5. The first-order valence-corrected chi connectivity index (χ1v) is 11.4. The Kier molecular flexibility index (Phi) is 6.22. The van der Waals surface area contributed by atoms with Gasteiger partial charge in [-0.05, 0) is 40.5 Å². The van der Waals surface area contributed by atoms with E-state index in [9.17, 15) is 4.79 Å². The van der Waals surface area contributed by atoms with Gasteiger partial charge < -0.3 is 10.2 Å². The van der Waals surface area contributed by atoms with Crippen LogP contribution in [0.5, 0.6) is 0 Å². The Hall–Kier alpha value is -2.94. The van der Waals surface area contributed by atoms with Gasteiger partial charge in [0.25, 0.3) is 5.91 Å². The molecule has 9 heteroatoms. The molecule has 0 radical (unpaired) electrons. The Morgan fingerprint density at radius 3 is 2.68 bits per heavy atom. The lowest BCUT2D eigenvalue weighted by Gasteiger charge is -2.32. The summed E-state index contributed by atoms with van der Waals surface area (Å²) < 4.78 is 0. The third kappa shape index (κ3) is 5.04. The highest BCUT2D eigenvalue weighted by Gasteiger charge is 2.28. The largest absolute Gasteiger partial charge is 0.368 e. The highest BCUT2D eigenvalue weighted by Crippen LogP contribution is 2.31. The molecule has 162 valence electrons. The number of nitrogens with zero attached hydrogens (tertiary/aromatic N) is 6. The van der Waals surface area contributed by atoms with E-state index in [1.165, 1.54) is 0 Å². The van der Waals surface area contributed by atoms with Crippen LogP contribution in [-0.2, 0) is 0 Å². The SMILES string of the molecule is Cc1cnc(C(=O)N2CCCC(c3cc(NC(C)C)nc(-c4cnc(C)s4)n3)C2)cn1. The van der Waals surface area contributed by atoms with Crippen molar-refractivity contribution in [1.82, 2.24) is 29.8 Å². The van der Waals surface area contributed by atoms with Crippen LogP contribution >= 0.6 is 11.3 Å². The van der Waals surface area contributed by atoms with Gasteiger partial charge >= 0.3 is 0 Å². The normalized spacial score (nSPS) is 16.5. The number of thiazole rings is 1. The number of anilines is 1. The van der Waals surface area contributed by atoms with E-state index in [1.807, 2.05) is 31.0 Å². The van der Waals surface area contributed by atoms with Crippen LogP contribution in [0.15, 0.2) is 24.7 Å². The molecule has 1 aliphatic rings. The van der Waals surface area contributed by atoms with Crippen LogP contribution in [0.1, 0.15) is 59.5 Å². The van der Waals surface area contributed by atoms with Gasteiger partial charge in [-0.3, -0.25) is 9.78 Å². The fourth-order valence-electron chi connectivity index (χ4n) is 3.69. The van der Waals surface area contributed by atoms with Gasteiger partial charge in [-0.2, -0.15) is 0 Å². The first kappa shape index (κ1) is 21.3. The minimum Gasteiger partial charge on any atom is -0.368 e. The molecule has 4 rings (SSSR count). The summed E-state index contributed by atoms with van der Waals surface area (Å²) in [5, 5.41) is 4.38. The summed E-state index contributed by atoms with van der Waals surface area (Å²) in [6.45, 7) is 9.33. The Morgan fingerprint density at radius 2 is 2.00 bits per heavy atom. The third-order valence-corrected chi connectivity index (χ3v) is 6.06. The number of aryl methyl sites for hydroxylation is 2. The van der Waals surface area contributed by atoms with Crippen molar-refractivity contribution in [3.05, 3.63) is 46.7 Å². The zero-order valence-electron chi connectivity index (χ0n) is 18.3. The highest BCUT2D eigenvalue weighted by molar-refractivity contribution is 7.14. The molecule has 4 heterocycles. The highest BCUT2D eigenvalue weighted by atomic mass is 32.1. The number of carbonyl (C=O) groups excluding carboxylic acids is 1. The number of amides is 1. The molecule has 0 aromatic carbocycles. The van der Waals surface area contributed by atoms with Crippen LogP contribution < -0.4 is 5.32 Å². The van der Waals surface area contributed by atoms with E-state index < -0.39 is 0 Å². The molecule has 1 aliphatic heterocycles. The third-order valence-electron chi connectivity index (χ3n) is 5.15. The fraction of sp³-hybridized carbons (Fsp3) is 0.455. The quantitative estimate of drug-likeness (QED) is 0.647. The molecule has 0 bridgehead atoms. The van der Waals surface area contributed by atoms with Crippen LogP contribution in [-0.4, -0.2) is 54.9 Å². The summed E-state index contributed by atoms with van der Waals surface area (Å²) in [5.41, 5.74) is 2.13. The van der Waals surface area contributed by atoms with Gasteiger partial charge in [-0.15, -0.1) is 11.3 Å². The first-order chi connectivity index (χ1) is 14.9. The molecule has 3 aromatic heterocycles. The van der Waals surface area contributed by atoms with Gasteiger partial charge in [-0.25, -0.2) is 19.9 Å². The summed E-state index contributed by atoms with van der Waals surface area (Å²) in [6.07, 6.45) is 6.91. The van der Waals surface area contributed by atoms with Crippen LogP contribution in [0, 0.1) is 13.8 Å². The molecule has 0 spiro atoms. The molecule has 0 aliphatic carbocycles. The lowest BCUT2D eigenvalue weighted by atomic mass is 9.94. The van der Waals surface area contributed by atoms with E-state index in [1.54, 1.807) is 23.7 Å². The molecule has 1 unspecified atom stereocenters.